The summed E-state index contributed by atoms with van der Waals surface area (Å²) >= 11 is 0. The van der Waals surface area contributed by atoms with Crippen molar-refractivity contribution in [3.63, 3.8) is 0 Å². The number of rotatable bonds is 6. The Morgan fingerprint density at radius 1 is 1.13 bits per heavy atom. The van der Waals surface area contributed by atoms with Crippen LogP contribution >= 0.6 is 0 Å². The highest BCUT2D eigenvalue weighted by molar-refractivity contribution is 4.84. The molecule has 0 bridgehead atoms. The topological polar surface area (TPSA) is 38.0 Å². The molecule has 0 heterocycles. The smallest absolute Gasteiger partial charge is 0.000765 e. The zero-order valence-corrected chi connectivity index (χ0v) is 11.5. The second-order valence-corrected chi connectivity index (χ2v) is 6.27. The Labute approximate surface area is 96.0 Å². The first-order valence-electron chi connectivity index (χ1n) is 6.15. The van der Waals surface area contributed by atoms with E-state index in [0.29, 0.717) is 16.7 Å². The molecule has 15 heavy (non-hydrogen) atoms. The summed E-state index contributed by atoms with van der Waals surface area (Å²) in [5.74, 6) is 0.626. The van der Waals surface area contributed by atoms with Crippen LogP contribution in [0.3, 0.4) is 0 Å². The SMILES string of the molecule is CCC(CN)CNCC(C)(C)C(C)(C)C. The van der Waals surface area contributed by atoms with Crippen LogP contribution in [0.5, 0.6) is 0 Å². The second kappa shape index (κ2) is 5.86. The first kappa shape index (κ1) is 14.9. The molecule has 0 aromatic carbocycles. The van der Waals surface area contributed by atoms with E-state index in [-0.39, 0.29) is 0 Å². The molecule has 2 heteroatoms. The minimum Gasteiger partial charge on any atom is -0.330 e. The lowest BCUT2D eigenvalue weighted by Gasteiger charge is -2.39. The van der Waals surface area contributed by atoms with E-state index in [1.54, 1.807) is 0 Å². The molecule has 0 spiro atoms. The van der Waals surface area contributed by atoms with Crippen LogP contribution in [0.15, 0.2) is 0 Å². The number of nitrogens with one attached hydrogen (secondary N) is 1. The van der Waals surface area contributed by atoms with E-state index in [0.717, 1.165) is 19.6 Å². The summed E-state index contributed by atoms with van der Waals surface area (Å²) in [5, 5.41) is 3.55. The molecule has 0 amide bonds. The van der Waals surface area contributed by atoms with Crippen molar-refractivity contribution in [2.45, 2.75) is 48.0 Å². The Kier molecular flexibility index (Phi) is 5.82. The van der Waals surface area contributed by atoms with Crippen LogP contribution in [-0.2, 0) is 0 Å². The monoisotopic (exact) mass is 214 g/mol. The summed E-state index contributed by atoms with van der Waals surface area (Å²) in [7, 11) is 0. The zero-order valence-electron chi connectivity index (χ0n) is 11.5. The lowest BCUT2D eigenvalue weighted by Crippen LogP contribution is -2.41. The highest BCUT2D eigenvalue weighted by Gasteiger charge is 2.32. The minimum atomic E-state index is 0.319. The molecular weight excluding hydrogens is 184 g/mol. The molecule has 0 aromatic rings. The molecule has 2 nitrogen and oxygen atoms in total. The Bertz CT molecular complexity index is 164. The van der Waals surface area contributed by atoms with Crippen molar-refractivity contribution in [1.29, 1.82) is 0 Å². The molecular formula is C13H30N2. The third-order valence-corrected chi connectivity index (χ3v) is 3.94. The molecule has 0 aliphatic rings. The maximum atomic E-state index is 5.68. The number of hydrogen-bond acceptors (Lipinski definition) is 2. The van der Waals surface area contributed by atoms with Gasteiger partial charge in [0.2, 0.25) is 0 Å². The quantitative estimate of drug-likeness (QED) is 0.713. The summed E-state index contributed by atoms with van der Waals surface area (Å²) in [5.41, 5.74) is 6.34. The fourth-order valence-corrected chi connectivity index (χ4v) is 1.25. The fourth-order valence-electron chi connectivity index (χ4n) is 1.25. The Balaban J connectivity index is 3.95. The Morgan fingerprint density at radius 2 is 1.67 bits per heavy atom. The van der Waals surface area contributed by atoms with Crippen LogP contribution < -0.4 is 11.1 Å². The third-order valence-electron chi connectivity index (χ3n) is 3.94. The van der Waals surface area contributed by atoms with Crippen molar-refractivity contribution in [2.75, 3.05) is 19.6 Å². The van der Waals surface area contributed by atoms with E-state index in [1.165, 1.54) is 6.42 Å². The maximum absolute atomic E-state index is 5.68. The van der Waals surface area contributed by atoms with Crippen LogP contribution in [0, 0.1) is 16.7 Å². The van der Waals surface area contributed by atoms with E-state index in [1.807, 2.05) is 0 Å². The van der Waals surface area contributed by atoms with E-state index < -0.39 is 0 Å². The number of nitrogens with two attached hydrogens (primary N) is 1. The molecule has 0 aliphatic carbocycles. The van der Waals surface area contributed by atoms with Crippen LogP contribution in [0.1, 0.15) is 48.0 Å². The van der Waals surface area contributed by atoms with Gasteiger partial charge in [-0.3, -0.25) is 0 Å². The van der Waals surface area contributed by atoms with Gasteiger partial charge in [0, 0.05) is 6.54 Å². The maximum Gasteiger partial charge on any atom is 0.000765 e. The van der Waals surface area contributed by atoms with Gasteiger partial charge in [0.15, 0.2) is 0 Å². The van der Waals surface area contributed by atoms with Gasteiger partial charge >= 0.3 is 0 Å². The van der Waals surface area contributed by atoms with E-state index >= 15 is 0 Å². The largest absolute Gasteiger partial charge is 0.330 e. The molecule has 0 rings (SSSR count). The standard InChI is InChI=1S/C13H30N2/c1-7-11(8-14)9-15-10-13(5,6)12(2,3)4/h11,15H,7-10,14H2,1-6H3. The van der Waals surface area contributed by atoms with Gasteiger partial charge in [0.05, 0.1) is 0 Å². The first-order chi connectivity index (χ1) is 6.74. The predicted molar refractivity (Wildman–Crippen MR) is 68.9 cm³/mol. The molecule has 1 unspecified atom stereocenters. The summed E-state index contributed by atoms with van der Waals surface area (Å²) in [6.45, 7) is 16.7. The molecule has 0 radical (unpaired) electrons. The summed E-state index contributed by atoms with van der Waals surface area (Å²) in [6, 6.07) is 0. The van der Waals surface area contributed by atoms with Crippen molar-refractivity contribution in [1.82, 2.24) is 5.32 Å². The van der Waals surface area contributed by atoms with Crippen molar-refractivity contribution >= 4 is 0 Å². The van der Waals surface area contributed by atoms with Crippen LogP contribution in [-0.4, -0.2) is 19.6 Å². The molecule has 3 N–H and O–H groups in total. The highest BCUT2D eigenvalue weighted by Crippen LogP contribution is 2.36. The van der Waals surface area contributed by atoms with Crippen LogP contribution in [0.4, 0.5) is 0 Å². The minimum absolute atomic E-state index is 0.319. The molecule has 0 aromatic heterocycles. The average Bonchev–Trinajstić information content (AvgIpc) is 2.10. The summed E-state index contributed by atoms with van der Waals surface area (Å²) < 4.78 is 0. The normalized spacial score (nSPS) is 15.4. The van der Waals surface area contributed by atoms with Gasteiger partial charge in [0.25, 0.3) is 0 Å². The summed E-state index contributed by atoms with van der Waals surface area (Å²) in [6.07, 6.45) is 1.17. The number of hydrogen-bond donors (Lipinski definition) is 2. The fraction of sp³-hybridized carbons (Fsp3) is 1.00. The van der Waals surface area contributed by atoms with Gasteiger partial charge in [-0.1, -0.05) is 48.0 Å². The molecule has 0 saturated heterocycles. The molecule has 92 valence electrons. The molecule has 0 fully saturated rings. The van der Waals surface area contributed by atoms with E-state index in [9.17, 15) is 0 Å². The van der Waals surface area contributed by atoms with Gasteiger partial charge in [-0.25, -0.2) is 0 Å². The third kappa shape index (κ3) is 4.98. The van der Waals surface area contributed by atoms with Gasteiger partial charge in [-0.15, -0.1) is 0 Å². The second-order valence-electron chi connectivity index (χ2n) is 6.27. The van der Waals surface area contributed by atoms with Gasteiger partial charge in [-0.05, 0) is 29.8 Å². The van der Waals surface area contributed by atoms with Gasteiger partial charge in [0.1, 0.15) is 0 Å². The molecule has 0 saturated carbocycles. The van der Waals surface area contributed by atoms with Crippen LogP contribution in [0.25, 0.3) is 0 Å². The van der Waals surface area contributed by atoms with Gasteiger partial charge < -0.3 is 11.1 Å². The van der Waals surface area contributed by atoms with Crippen molar-refractivity contribution in [2.24, 2.45) is 22.5 Å². The summed E-state index contributed by atoms with van der Waals surface area (Å²) in [4.78, 5) is 0. The van der Waals surface area contributed by atoms with Gasteiger partial charge in [-0.2, -0.15) is 0 Å². The Hall–Kier alpha value is -0.0800. The Morgan fingerprint density at radius 3 is 2.00 bits per heavy atom. The average molecular weight is 214 g/mol. The highest BCUT2D eigenvalue weighted by atomic mass is 14.9. The van der Waals surface area contributed by atoms with Crippen LogP contribution in [0.2, 0.25) is 0 Å². The van der Waals surface area contributed by atoms with Crippen molar-refractivity contribution < 1.29 is 0 Å². The lowest BCUT2D eigenvalue weighted by molar-refractivity contribution is 0.127. The molecule has 1 atom stereocenters. The van der Waals surface area contributed by atoms with E-state index in [2.05, 4.69) is 46.9 Å². The van der Waals surface area contributed by atoms with E-state index in [4.69, 9.17) is 5.73 Å². The lowest BCUT2D eigenvalue weighted by atomic mass is 9.69. The molecule has 0 aliphatic heterocycles. The van der Waals surface area contributed by atoms with Crippen molar-refractivity contribution in [3.8, 4) is 0 Å². The zero-order chi connectivity index (χ0) is 12.1. The van der Waals surface area contributed by atoms with Crippen molar-refractivity contribution in [3.05, 3.63) is 0 Å². The first-order valence-corrected chi connectivity index (χ1v) is 6.15. The predicted octanol–water partition coefficient (Wildman–Crippen LogP) is 2.63.